The number of H-pyrrole nitrogens is 1. The van der Waals surface area contributed by atoms with E-state index >= 15 is 0 Å². The number of nitrogens with zero attached hydrogens (tertiary/aromatic N) is 3. The average molecular weight is 307 g/mol. The predicted octanol–water partition coefficient (Wildman–Crippen LogP) is 1.59. The van der Waals surface area contributed by atoms with E-state index in [1.807, 2.05) is 19.2 Å². The van der Waals surface area contributed by atoms with Gasteiger partial charge in [0.25, 0.3) is 0 Å². The smallest absolute Gasteiger partial charge is 0.142 e. The molecule has 1 unspecified atom stereocenters. The van der Waals surface area contributed by atoms with Crippen LogP contribution in [0.3, 0.4) is 0 Å². The Labute approximate surface area is 126 Å². The fourth-order valence-electron chi connectivity index (χ4n) is 2.74. The molecule has 114 valence electrons. The molecule has 3 rings (SSSR count). The summed E-state index contributed by atoms with van der Waals surface area (Å²) in [6, 6.07) is 2.80. The molecule has 6 nitrogen and oxygen atoms in total. The Morgan fingerprint density at radius 3 is 3.05 bits per heavy atom. The molecule has 1 aliphatic carbocycles. The van der Waals surface area contributed by atoms with Gasteiger partial charge in [-0.25, -0.2) is 18.9 Å². The Balaban J connectivity index is 1.62. The van der Waals surface area contributed by atoms with Crippen molar-refractivity contribution < 1.29 is 4.21 Å². The van der Waals surface area contributed by atoms with Gasteiger partial charge in [0.2, 0.25) is 0 Å². The van der Waals surface area contributed by atoms with Crippen molar-refractivity contribution in [3.05, 3.63) is 18.6 Å². The number of hydrogen-bond acceptors (Lipinski definition) is 4. The van der Waals surface area contributed by atoms with Crippen molar-refractivity contribution in [3.63, 3.8) is 0 Å². The lowest BCUT2D eigenvalue weighted by Crippen LogP contribution is -2.52. The summed E-state index contributed by atoms with van der Waals surface area (Å²) in [7, 11) is 1.18. The summed E-state index contributed by atoms with van der Waals surface area (Å²) in [4.78, 5) is 13.9. The molecule has 0 aromatic carbocycles. The lowest BCUT2D eigenvalue weighted by molar-refractivity contribution is 0.320. The molecule has 2 aromatic heterocycles. The number of nitrogens with one attached hydrogen (secondary N) is 2. The van der Waals surface area contributed by atoms with Gasteiger partial charge in [-0.2, -0.15) is 0 Å². The van der Waals surface area contributed by atoms with Crippen LogP contribution in [-0.4, -0.2) is 44.0 Å². The lowest BCUT2D eigenvalue weighted by Gasteiger charge is -2.41. The van der Waals surface area contributed by atoms with Crippen LogP contribution in [0.4, 0.5) is 5.82 Å². The van der Waals surface area contributed by atoms with E-state index in [2.05, 4.69) is 31.6 Å². The molecule has 1 atom stereocenters. The molecule has 0 radical (unpaired) electrons. The topological polar surface area (TPSA) is 73.9 Å². The summed E-state index contributed by atoms with van der Waals surface area (Å²) in [5.74, 6) is 1.69. The average Bonchev–Trinajstić information content (AvgIpc) is 2.90. The minimum absolute atomic E-state index is 0.355. The van der Waals surface area contributed by atoms with E-state index in [1.54, 1.807) is 6.33 Å². The Hall–Kier alpha value is -1.47. The van der Waals surface area contributed by atoms with Crippen molar-refractivity contribution in [2.45, 2.75) is 38.3 Å². The fraction of sp³-hybridized carbons (Fsp3) is 0.571. The first-order chi connectivity index (χ1) is 10.2. The summed E-state index contributed by atoms with van der Waals surface area (Å²) in [6.45, 7) is 2.05. The molecule has 2 N–H and O–H groups in total. The number of rotatable bonds is 6. The highest BCUT2D eigenvalue weighted by Crippen LogP contribution is 2.31. The zero-order valence-electron chi connectivity index (χ0n) is 12.4. The Morgan fingerprint density at radius 2 is 2.29 bits per heavy atom. The zero-order valence-corrected chi connectivity index (χ0v) is 13.2. The van der Waals surface area contributed by atoms with Crippen molar-refractivity contribution in [3.8, 4) is 0 Å². The van der Waals surface area contributed by atoms with Crippen molar-refractivity contribution in [2.75, 3.05) is 17.7 Å². The highest BCUT2D eigenvalue weighted by Gasteiger charge is 2.34. The molecule has 0 spiro atoms. The van der Waals surface area contributed by atoms with Gasteiger partial charge in [-0.05, 0) is 25.3 Å². The van der Waals surface area contributed by atoms with Crippen LogP contribution in [0.25, 0.3) is 11.0 Å². The van der Waals surface area contributed by atoms with Gasteiger partial charge in [-0.3, -0.25) is 0 Å². The zero-order chi connectivity index (χ0) is 14.8. The van der Waals surface area contributed by atoms with Gasteiger partial charge >= 0.3 is 0 Å². The second-order valence-electron chi connectivity index (χ2n) is 5.54. The Morgan fingerprint density at radius 1 is 1.48 bits per heavy atom. The molecule has 2 heterocycles. The van der Waals surface area contributed by atoms with E-state index in [0.29, 0.717) is 12.1 Å². The van der Waals surface area contributed by atoms with Crippen LogP contribution >= 0.6 is 0 Å². The first kappa shape index (κ1) is 14.5. The standard InChI is InChI=1S/C14H21N5OS/c1-3-6-21(20)18-10-7-11(8-10)19(2)14-12-4-5-15-13(12)16-9-17-14/h4-5,9-11,18H,3,6-8H2,1-2H3,(H,15,16,17). The summed E-state index contributed by atoms with van der Waals surface area (Å²) in [5.41, 5.74) is 0.866. The van der Waals surface area contributed by atoms with Gasteiger partial charge < -0.3 is 9.88 Å². The molecule has 7 heteroatoms. The molecule has 1 aliphatic rings. The van der Waals surface area contributed by atoms with Gasteiger partial charge in [0.05, 0.1) is 16.4 Å². The highest BCUT2D eigenvalue weighted by atomic mass is 32.2. The van der Waals surface area contributed by atoms with Gasteiger partial charge in [0, 0.05) is 31.1 Å². The van der Waals surface area contributed by atoms with E-state index in [1.165, 1.54) is 0 Å². The molecule has 0 amide bonds. The van der Waals surface area contributed by atoms with Gasteiger partial charge in [-0.1, -0.05) is 6.92 Å². The van der Waals surface area contributed by atoms with Crippen LogP contribution in [0.15, 0.2) is 18.6 Å². The van der Waals surface area contributed by atoms with Crippen molar-refractivity contribution in [2.24, 2.45) is 0 Å². The minimum atomic E-state index is -0.886. The van der Waals surface area contributed by atoms with Crippen LogP contribution in [0.2, 0.25) is 0 Å². The molecule has 0 bridgehead atoms. The minimum Gasteiger partial charge on any atom is -0.356 e. The lowest BCUT2D eigenvalue weighted by atomic mass is 9.86. The van der Waals surface area contributed by atoms with Crippen molar-refractivity contribution in [1.82, 2.24) is 19.7 Å². The highest BCUT2D eigenvalue weighted by molar-refractivity contribution is 7.83. The SMILES string of the molecule is CCCS(=O)NC1CC(N(C)c2ncnc3[nH]ccc23)C1. The third-order valence-electron chi connectivity index (χ3n) is 4.02. The molecule has 0 aliphatic heterocycles. The third kappa shape index (κ3) is 2.94. The molecule has 1 saturated carbocycles. The monoisotopic (exact) mass is 307 g/mol. The number of aromatic amines is 1. The summed E-state index contributed by atoms with van der Waals surface area (Å²) >= 11 is 0. The van der Waals surface area contributed by atoms with E-state index in [-0.39, 0.29) is 0 Å². The normalized spacial score (nSPS) is 23.0. The van der Waals surface area contributed by atoms with E-state index < -0.39 is 11.0 Å². The van der Waals surface area contributed by atoms with Crippen LogP contribution < -0.4 is 9.62 Å². The Kier molecular flexibility index (Phi) is 4.21. The third-order valence-corrected chi connectivity index (χ3v) is 5.39. The van der Waals surface area contributed by atoms with E-state index in [9.17, 15) is 4.21 Å². The van der Waals surface area contributed by atoms with Gasteiger partial charge in [-0.15, -0.1) is 0 Å². The van der Waals surface area contributed by atoms with E-state index in [0.717, 1.165) is 41.9 Å². The van der Waals surface area contributed by atoms with Gasteiger partial charge in [0.15, 0.2) is 0 Å². The number of anilines is 1. The molecule has 2 aromatic rings. The maximum Gasteiger partial charge on any atom is 0.142 e. The molecule has 1 fully saturated rings. The largest absolute Gasteiger partial charge is 0.356 e. The summed E-state index contributed by atoms with van der Waals surface area (Å²) in [6.07, 6.45) is 6.43. The first-order valence-electron chi connectivity index (χ1n) is 7.34. The summed E-state index contributed by atoms with van der Waals surface area (Å²) < 4.78 is 14.9. The van der Waals surface area contributed by atoms with Crippen molar-refractivity contribution in [1.29, 1.82) is 0 Å². The molecule has 0 saturated heterocycles. The Bertz CT molecular complexity index is 637. The second kappa shape index (κ2) is 6.11. The molecular formula is C14H21N5OS. The van der Waals surface area contributed by atoms with Crippen LogP contribution in [0, 0.1) is 0 Å². The maximum atomic E-state index is 11.7. The van der Waals surface area contributed by atoms with Crippen LogP contribution in [0.1, 0.15) is 26.2 Å². The van der Waals surface area contributed by atoms with Crippen LogP contribution in [-0.2, 0) is 11.0 Å². The quantitative estimate of drug-likeness (QED) is 0.850. The maximum absolute atomic E-state index is 11.7. The van der Waals surface area contributed by atoms with Crippen LogP contribution in [0.5, 0.6) is 0 Å². The predicted molar refractivity (Wildman–Crippen MR) is 85.5 cm³/mol. The number of hydrogen-bond donors (Lipinski definition) is 2. The van der Waals surface area contributed by atoms with Crippen molar-refractivity contribution >= 4 is 27.8 Å². The number of fused-ring (bicyclic) bond motifs is 1. The fourth-order valence-corrected chi connectivity index (χ4v) is 3.80. The second-order valence-corrected chi connectivity index (χ2v) is 6.87. The van der Waals surface area contributed by atoms with E-state index in [4.69, 9.17) is 0 Å². The van der Waals surface area contributed by atoms with Gasteiger partial charge in [0.1, 0.15) is 17.8 Å². The first-order valence-corrected chi connectivity index (χ1v) is 8.66. The number of aromatic nitrogens is 3. The summed E-state index contributed by atoms with van der Waals surface area (Å²) in [5, 5.41) is 1.05. The molecular weight excluding hydrogens is 286 g/mol. The molecule has 21 heavy (non-hydrogen) atoms.